The standard InChI is InChI=1S/C13H18O6S/c1-9-3-5-10(6-4-9)20(15,16)18-8-12-11(14)7-13(17-2)19-12/h3-6,11-14H,7-8H2,1-2H3/t11-,12+,13?/m0/s1. The topological polar surface area (TPSA) is 82.1 Å². The predicted molar refractivity (Wildman–Crippen MR) is 70.6 cm³/mol. The van der Waals surface area contributed by atoms with E-state index in [0.717, 1.165) is 5.56 Å². The van der Waals surface area contributed by atoms with Crippen LogP contribution < -0.4 is 0 Å². The molecule has 1 saturated heterocycles. The number of rotatable bonds is 5. The van der Waals surface area contributed by atoms with Gasteiger partial charge in [0, 0.05) is 13.5 Å². The summed E-state index contributed by atoms with van der Waals surface area (Å²) in [6.07, 6.45) is -1.73. The lowest BCUT2D eigenvalue weighted by Gasteiger charge is -2.14. The van der Waals surface area contributed by atoms with Crippen molar-refractivity contribution in [2.24, 2.45) is 0 Å². The second-order valence-electron chi connectivity index (χ2n) is 4.69. The number of ether oxygens (including phenoxy) is 2. The normalized spacial score (nSPS) is 26.9. The van der Waals surface area contributed by atoms with Crippen molar-refractivity contribution in [1.29, 1.82) is 0 Å². The molecule has 2 rings (SSSR count). The highest BCUT2D eigenvalue weighted by Crippen LogP contribution is 2.22. The van der Waals surface area contributed by atoms with Crippen molar-refractivity contribution < 1.29 is 27.2 Å². The van der Waals surface area contributed by atoms with Gasteiger partial charge in [0.2, 0.25) is 0 Å². The first kappa shape index (κ1) is 15.4. The highest BCUT2D eigenvalue weighted by molar-refractivity contribution is 7.86. The molecule has 7 heteroatoms. The van der Waals surface area contributed by atoms with Crippen LogP contribution in [0, 0.1) is 6.92 Å². The van der Waals surface area contributed by atoms with E-state index in [-0.39, 0.29) is 11.5 Å². The molecule has 1 heterocycles. The Morgan fingerprint density at radius 1 is 1.35 bits per heavy atom. The van der Waals surface area contributed by atoms with E-state index < -0.39 is 28.6 Å². The van der Waals surface area contributed by atoms with Crippen molar-refractivity contribution in [1.82, 2.24) is 0 Å². The molecular weight excluding hydrogens is 284 g/mol. The van der Waals surface area contributed by atoms with E-state index >= 15 is 0 Å². The van der Waals surface area contributed by atoms with Crippen molar-refractivity contribution in [2.45, 2.75) is 36.7 Å². The minimum atomic E-state index is -3.84. The molecule has 1 aromatic rings. The van der Waals surface area contributed by atoms with Crippen LogP contribution in [0.25, 0.3) is 0 Å². The average molecular weight is 302 g/mol. The lowest BCUT2D eigenvalue weighted by atomic mass is 10.2. The molecule has 1 aliphatic rings. The molecule has 0 bridgehead atoms. The van der Waals surface area contributed by atoms with E-state index in [2.05, 4.69) is 0 Å². The Balaban J connectivity index is 1.98. The predicted octanol–water partition coefficient (Wildman–Crippen LogP) is 0.823. The minimum absolute atomic E-state index is 0.0823. The summed E-state index contributed by atoms with van der Waals surface area (Å²) < 4.78 is 39.1. The van der Waals surface area contributed by atoms with Crippen LogP contribution in [-0.4, -0.2) is 45.7 Å². The van der Waals surface area contributed by atoms with E-state index in [1.54, 1.807) is 12.1 Å². The van der Waals surface area contributed by atoms with E-state index in [9.17, 15) is 13.5 Å². The number of benzene rings is 1. The van der Waals surface area contributed by atoms with Gasteiger partial charge in [-0.15, -0.1) is 0 Å². The molecule has 1 fully saturated rings. The molecule has 3 atom stereocenters. The van der Waals surface area contributed by atoms with Crippen LogP contribution in [0.15, 0.2) is 29.2 Å². The first-order chi connectivity index (χ1) is 9.42. The molecule has 0 radical (unpaired) electrons. The van der Waals surface area contributed by atoms with Gasteiger partial charge in [-0.2, -0.15) is 8.42 Å². The molecule has 0 amide bonds. The van der Waals surface area contributed by atoms with Crippen LogP contribution in [0.3, 0.4) is 0 Å². The molecular formula is C13H18O6S. The average Bonchev–Trinajstić information content (AvgIpc) is 2.78. The maximum Gasteiger partial charge on any atom is 0.297 e. The Morgan fingerprint density at radius 2 is 2.00 bits per heavy atom. The number of methoxy groups -OCH3 is 1. The van der Waals surface area contributed by atoms with Gasteiger partial charge in [-0.25, -0.2) is 0 Å². The largest absolute Gasteiger partial charge is 0.390 e. The van der Waals surface area contributed by atoms with Gasteiger partial charge < -0.3 is 14.6 Å². The van der Waals surface area contributed by atoms with E-state index in [1.807, 2.05) is 6.92 Å². The monoisotopic (exact) mass is 302 g/mol. The molecule has 0 aromatic heterocycles. The molecule has 1 aliphatic heterocycles. The Kier molecular flexibility index (Phi) is 4.77. The summed E-state index contributed by atoms with van der Waals surface area (Å²) >= 11 is 0. The Morgan fingerprint density at radius 3 is 2.55 bits per heavy atom. The molecule has 1 unspecified atom stereocenters. The fourth-order valence-electron chi connectivity index (χ4n) is 1.92. The zero-order valence-corrected chi connectivity index (χ0v) is 12.2. The van der Waals surface area contributed by atoms with Crippen LogP contribution in [0.4, 0.5) is 0 Å². The van der Waals surface area contributed by atoms with Crippen LogP contribution in [0.2, 0.25) is 0 Å². The Bertz CT molecular complexity index is 538. The highest BCUT2D eigenvalue weighted by atomic mass is 32.2. The molecule has 0 aliphatic carbocycles. The number of aliphatic hydroxyl groups excluding tert-OH is 1. The number of hydrogen-bond acceptors (Lipinski definition) is 6. The zero-order chi connectivity index (χ0) is 14.8. The van der Waals surface area contributed by atoms with Gasteiger partial charge in [0.25, 0.3) is 10.1 Å². The highest BCUT2D eigenvalue weighted by Gasteiger charge is 2.35. The van der Waals surface area contributed by atoms with Crippen molar-refractivity contribution in [3.05, 3.63) is 29.8 Å². The molecule has 112 valence electrons. The SMILES string of the molecule is COC1C[C@H](O)[C@@H](COS(=O)(=O)c2ccc(C)cc2)O1. The van der Waals surface area contributed by atoms with Crippen LogP contribution in [0.5, 0.6) is 0 Å². The molecule has 1 N–H and O–H groups in total. The van der Waals surface area contributed by atoms with Gasteiger partial charge in [-0.1, -0.05) is 17.7 Å². The van der Waals surface area contributed by atoms with Gasteiger partial charge in [-0.3, -0.25) is 4.18 Å². The Hall–Kier alpha value is -0.990. The van der Waals surface area contributed by atoms with Gasteiger partial charge in [0.1, 0.15) is 6.10 Å². The van der Waals surface area contributed by atoms with Crippen molar-refractivity contribution in [2.75, 3.05) is 13.7 Å². The van der Waals surface area contributed by atoms with E-state index in [1.165, 1.54) is 19.2 Å². The quantitative estimate of drug-likeness (QED) is 0.811. The van der Waals surface area contributed by atoms with Crippen molar-refractivity contribution in [3.8, 4) is 0 Å². The van der Waals surface area contributed by atoms with Crippen LogP contribution >= 0.6 is 0 Å². The van der Waals surface area contributed by atoms with Crippen LogP contribution in [0.1, 0.15) is 12.0 Å². The third kappa shape index (κ3) is 3.56. The fraction of sp³-hybridized carbons (Fsp3) is 0.538. The number of hydrogen-bond donors (Lipinski definition) is 1. The molecule has 20 heavy (non-hydrogen) atoms. The molecule has 0 saturated carbocycles. The van der Waals surface area contributed by atoms with Crippen molar-refractivity contribution in [3.63, 3.8) is 0 Å². The smallest absolute Gasteiger partial charge is 0.297 e. The summed E-state index contributed by atoms with van der Waals surface area (Å²) in [6, 6.07) is 6.35. The fourth-order valence-corrected chi connectivity index (χ4v) is 2.84. The van der Waals surface area contributed by atoms with Gasteiger partial charge >= 0.3 is 0 Å². The lowest BCUT2D eigenvalue weighted by molar-refractivity contribution is -0.124. The zero-order valence-electron chi connectivity index (χ0n) is 11.4. The number of aliphatic hydroxyl groups is 1. The molecule has 6 nitrogen and oxygen atoms in total. The summed E-state index contributed by atoms with van der Waals surface area (Å²) in [7, 11) is -2.38. The molecule has 1 aromatic carbocycles. The first-order valence-electron chi connectivity index (χ1n) is 6.25. The Labute approximate surface area is 118 Å². The third-order valence-electron chi connectivity index (χ3n) is 3.15. The third-order valence-corrected chi connectivity index (χ3v) is 4.45. The van der Waals surface area contributed by atoms with Gasteiger partial charge in [0.05, 0.1) is 17.6 Å². The van der Waals surface area contributed by atoms with Crippen LogP contribution in [-0.2, 0) is 23.8 Å². The second kappa shape index (κ2) is 6.19. The summed E-state index contributed by atoms with van der Waals surface area (Å²) in [5.41, 5.74) is 0.960. The summed E-state index contributed by atoms with van der Waals surface area (Å²) in [4.78, 5) is 0.0823. The molecule has 0 spiro atoms. The first-order valence-corrected chi connectivity index (χ1v) is 7.65. The lowest BCUT2D eigenvalue weighted by Crippen LogP contribution is -2.28. The van der Waals surface area contributed by atoms with E-state index in [4.69, 9.17) is 13.7 Å². The summed E-state index contributed by atoms with van der Waals surface area (Å²) in [6.45, 7) is 1.63. The number of aryl methyl sites for hydroxylation is 1. The second-order valence-corrected chi connectivity index (χ2v) is 6.31. The van der Waals surface area contributed by atoms with Crippen molar-refractivity contribution >= 4 is 10.1 Å². The van der Waals surface area contributed by atoms with E-state index in [0.29, 0.717) is 6.42 Å². The summed E-state index contributed by atoms with van der Waals surface area (Å²) in [5, 5.41) is 9.71. The van der Waals surface area contributed by atoms with Gasteiger partial charge in [0.15, 0.2) is 6.29 Å². The minimum Gasteiger partial charge on any atom is -0.390 e. The maximum absolute atomic E-state index is 12.0. The maximum atomic E-state index is 12.0. The summed E-state index contributed by atoms with van der Waals surface area (Å²) in [5.74, 6) is 0. The van der Waals surface area contributed by atoms with Gasteiger partial charge in [-0.05, 0) is 19.1 Å².